The van der Waals surface area contributed by atoms with E-state index >= 15 is 0 Å². The predicted molar refractivity (Wildman–Crippen MR) is 76.8 cm³/mol. The highest BCUT2D eigenvalue weighted by molar-refractivity contribution is 5.78. The van der Waals surface area contributed by atoms with Crippen LogP contribution in [0.5, 0.6) is 0 Å². The molecular formula is C15H25N3O. The van der Waals surface area contributed by atoms with Crippen LogP contribution in [0, 0.1) is 5.92 Å². The molecule has 1 aliphatic carbocycles. The quantitative estimate of drug-likeness (QED) is 0.881. The molecule has 2 rings (SSSR count). The van der Waals surface area contributed by atoms with E-state index in [1.807, 2.05) is 19.3 Å². The molecular weight excluding hydrogens is 238 g/mol. The maximum Gasteiger partial charge on any atom is 0.223 e. The van der Waals surface area contributed by atoms with Crippen molar-refractivity contribution in [2.45, 2.75) is 31.7 Å². The molecule has 1 aliphatic rings. The summed E-state index contributed by atoms with van der Waals surface area (Å²) in [7, 11) is 6.16. The molecule has 0 bridgehead atoms. The van der Waals surface area contributed by atoms with Crippen molar-refractivity contribution in [2.75, 3.05) is 20.6 Å². The molecule has 0 aliphatic heterocycles. The first-order valence-electron chi connectivity index (χ1n) is 7.15. The number of nitrogens with one attached hydrogen (secondary N) is 1. The zero-order chi connectivity index (χ0) is 13.8. The van der Waals surface area contributed by atoms with Gasteiger partial charge >= 0.3 is 0 Å². The summed E-state index contributed by atoms with van der Waals surface area (Å²) >= 11 is 0. The van der Waals surface area contributed by atoms with Crippen LogP contribution in [0.1, 0.15) is 37.4 Å². The van der Waals surface area contributed by atoms with Crippen LogP contribution in [0.25, 0.3) is 0 Å². The lowest BCUT2D eigenvalue weighted by molar-refractivity contribution is -0.125. The Balaban J connectivity index is 1.94. The van der Waals surface area contributed by atoms with Gasteiger partial charge in [-0.15, -0.1) is 0 Å². The number of nitrogens with zero attached hydrogens (tertiary/aromatic N) is 2. The minimum atomic E-state index is 0.227. The van der Waals surface area contributed by atoms with Gasteiger partial charge in [0.05, 0.1) is 6.04 Å². The lowest BCUT2D eigenvalue weighted by Gasteiger charge is -2.26. The van der Waals surface area contributed by atoms with E-state index in [1.165, 1.54) is 18.5 Å². The zero-order valence-electron chi connectivity index (χ0n) is 12.2. The molecule has 1 amide bonds. The molecule has 1 unspecified atom stereocenters. The van der Waals surface area contributed by atoms with Crippen molar-refractivity contribution >= 4 is 5.91 Å². The third-order valence-corrected chi connectivity index (χ3v) is 4.14. The third kappa shape index (κ3) is 3.38. The van der Waals surface area contributed by atoms with Gasteiger partial charge in [0.1, 0.15) is 0 Å². The summed E-state index contributed by atoms with van der Waals surface area (Å²) in [4.78, 5) is 14.2. The maximum absolute atomic E-state index is 12.1. The van der Waals surface area contributed by atoms with Gasteiger partial charge in [-0.2, -0.15) is 0 Å². The molecule has 1 heterocycles. The Kier molecular flexibility index (Phi) is 4.64. The van der Waals surface area contributed by atoms with Crippen LogP contribution in [0.15, 0.2) is 18.3 Å². The number of carbonyl (C=O) groups is 1. The molecule has 4 heteroatoms. The Bertz CT molecular complexity index is 419. The first kappa shape index (κ1) is 14.1. The molecule has 1 saturated carbocycles. The van der Waals surface area contributed by atoms with E-state index in [2.05, 4.69) is 34.9 Å². The van der Waals surface area contributed by atoms with Gasteiger partial charge in [-0.05, 0) is 39.1 Å². The summed E-state index contributed by atoms with van der Waals surface area (Å²) < 4.78 is 2.12. The van der Waals surface area contributed by atoms with E-state index in [-0.39, 0.29) is 17.9 Å². The van der Waals surface area contributed by atoms with Crippen molar-refractivity contribution in [3.63, 3.8) is 0 Å². The number of carbonyl (C=O) groups excluding carboxylic acids is 1. The second kappa shape index (κ2) is 6.24. The minimum Gasteiger partial charge on any atom is -0.354 e. The van der Waals surface area contributed by atoms with Gasteiger partial charge < -0.3 is 9.88 Å². The lowest BCUT2D eigenvalue weighted by Crippen LogP contribution is -2.37. The average molecular weight is 263 g/mol. The van der Waals surface area contributed by atoms with E-state index < -0.39 is 0 Å². The molecule has 0 spiro atoms. The normalized spacial score (nSPS) is 17.9. The number of aryl methyl sites for hydroxylation is 1. The standard InChI is InChI=1S/C15H25N3O/c1-17(2)14(13-9-6-10-18(13)3)11-16-15(19)12-7-4-5-8-12/h6,9-10,12,14H,4-5,7-8,11H2,1-3H3,(H,16,19). The summed E-state index contributed by atoms with van der Waals surface area (Å²) in [6.07, 6.45) is 6.57. The van der Waals surface area contributed by atoms with Crippen molar-refractivity contribution in [3.8, 4) is 0 Å². The highest BCUT2D eigenvalue weighted by Crippen LogP contribution is 2.25. The molecule has 1 fully saturated rings. The number of amides is 1. The average Bonchev–Trinajstić information content (AvgIpc) is 3.01. The van der Waals surface area contributed by atoms with Gasteiger partial charge in [0.2, 0.25) is 5.91 Å². The van der Waals surface area contributed by atoms with Gasteiger partial charge in [-0.1, -0.05) is 12.8 Å². The number of likely N-dealkylation sites (N-methyl/N-ethyl adjacent to an activating group) is 1. The van der Waals surface area contributed by atoms with Crippen LogP contribution in [-0.2, 0) is 11.8 Å². The van der Waals surface area contributed by atoms with E-state index in [4.69, 9.17) is 0 Å². The van der Waals surface area contributed by atoms with Crippen molar-refractivity contribution < 1.29 is 4.79 Å². The van der Waals surface area contributed by atoms with Crippen molar-refractivity contribution in [2.24, 2.45) is 13.0 Å². The Labute approximate surface area is 115 Å². The lowest BCUT2D eigenvalue weighted by atomic mass is 10.1. The summed E-state index contributed by atoms with van der Waals surface area (Å²) in [5.74, 6) is 0.481. The summed E-state index contributed by atoms with van der Waals surface area (Å²) in [6.45, 7) is 0.681. The first-order valence-corrected chi connectivity index (χ1v) is 7.15. The Morgan fingerprint density at radius 1 is 1.47 bits per heavy atom. The molecule has 1 aromatic heterocycles. The fourth-order valence-electron chi connectivity index (χ4n) is 2.90. The van der Waals surface area contributed by atoms with E-state index in [9.17, 15) is 4.79 Å². The predicted octanol–water partition coefficient (Wildman–Crippen LogP) is 1.93. The van der Waals surface area contributed by atoms with E-state index in [1.54, 1.807) is 0 Å². The summed E-state index contributed by atoms with van der Waals surface area (Å²) in [5.41, 5.74) is 1.23. The van der Waals surface area contributed by atoms with Crippen LogP contribution in [0.4, 0.5) is 0 Å². The molecule has 1 atom stereocenters. The molecule has 1 aromatic rings. The topological polar surface area (TPSA) is 37.3 Å². The van der Waals surface area contributed by atoms with Gasteiger partial charge in [-0.3, -0.25) is 9.69 Å². The molecule has 106 valence electrons. The molecule has 0 saturated heterocycles. The Morgan fingerprint density at radius 3 is 2.68 bits per heavy atom. The highest BCUT2D eigenvalue weighted by atomic mass is 16.1. The van der Waals surface area contributed by atoms with Gasteiger partial charge in [0.25, 0.3) is 0 Å². The number of rotatable bonds is 5. The van der Waals surface area contributed by atoms with Crippen molar-refractivity contribution in [1.29, 1.82) is 0 Å². The minimum absolute atomic E-state index is 0.227. The Morgan fingerprint density at radius 2 is 2.16 bits per heavy atom. The van der Waals surface area contributed by atoms with E-state index in [0.29, 0.717) is 6.54 Å². The molecule has 0 aromatic carbocycles. The molecule has 4 nitrogen and oxygen atoms in total. The van der Waals surface area contributed by atoms with Gasteiger partial charge in [0.15, 0.2) is 0 Å². The second-order valence-electron chi connectivity index (χ2n) is 5.75. The Hall–Kier alpha value is -1.29. The second-order valence-corrected chi connectivity index (χ2v) is 5.75. The monoisotopic (exact) mass is 263 g/mol. The molecule has 1 N–H and O–H groups in total. The highest BCUT2D eigenvalue weighted by Gasteiger charge is 2.24. The van der Waals surface area contributed by atoms with Crippen molar-refractivity contribution in [3.05, 3.63) is 24.0 Å². The van der Waals surface area contributed by atoms with Gasteiger partial charge in [-0.25, -0.2) is 0 Å². The van der Waals surface area contributed by atoms with Crippen LogP contribution in [0.3, 0.4) is 0 Å². The smallest absolute Gasteiger partial charge is 0.223 e. The number of hydrogen-bond acceptors (Lipinski definition) is 2. The first-order chi connectivity index (χ1) is 9.09. The number of hydrogen-bond donors (Lipinski definition) is 1. The largest absolute Gasteiger partial charge is 0.354 e. The fourth-order valence-corrected chi connectivity index (χ4v) is 2.90. The van der Waals surface area contributed by atoms with Crippen molar-refractivity contribution in [1.82, 2.24) is 14.8 Å². The third-order valence-electron chi connectivity index (χ3n) is 4.14. The SMILES string of the molecule is CN(C)C(CNC(=O)C1CCCC1)c1cccn1C. The summed E-state index contributed by atoms with van der Waals surface area (Å²) in [6, 6.07) is 4.39. The van der Waals surface area contributed by atoms with Crippen LogP contribution in [0.2, 0.25) is 0 Å². The zero-order valence-corrected chi connectivity index (χ0v) is 12.2. The van der Waals surface area contributed by atoms with Crippen LogP contribution < -0.4 is 5.32 Å². The van der Waals surface area contributed by atoms with Crippen LogP contribution >= 0.6 is 0 Å². The molecule has 0 radical (unpaired) electrons. The summed E-state index contributed by atoms with van der Waals surface area (Å²) in [5, 5.41) is 3.13. The van der Waals surface area contributed by atoms with Gasteiger partial charge in [0, 0.05) is 31.4 Å². The fraction of sp³-hybridized carbons (Fsp3) is 0.667. The van der Waals surface area contributed by atoms with Crippen LogP contribution in [-0.4, -0.2) is 36.0 Å². The molecule has 19 heavy (non-hydrogen) atoms. The van der Waals surface area contributed by atoms with E-state index in [0.717, 1.165) is 12.8 Å². The number of aromatic nitrogens is 1. The maximum atomic E-state index is 12.1.